The van der Waals surface area contributed by atoms with E-state index in [4.69, 9.17) is 11.6 Å². The first kappa shape index (κ1) is 17.0. The summed E-state index contributed by atoms with van der Waals surface area (Å²) in [5.41, 5.74) is 2.11. The normalized spacial score (nSPS) is 10.1. The van der Waals surface area contributed by atoms with Crippen LogP contribution < -0.4 is 0 Å². The topological polar surface area (TPSA) is 26.3 Å². The third kappa shape index (κ3) is 4.83. The Kier molecular flexibility index (Phi) is 7.09. The second-order valence-electron chi connectivity index (χ2n) is 3.82. The first-order valence-corrected chi connectivity index (χ1v) is 6.02. The van der Waals surface area contributed by atoms with Crippen LogP contribution in [0.1, 0.15) is 21.5 Å². The first-order chi connectivity index (χ1) is 9.19. The van der Waals surface area contributed by atoms with E-state index in [2.05, 4.69) is 16.9 Å². The molecule has 0 aliphatic heterocycles. The molecule has 0 N–H and O–H groups in total. The van der Waals surface area contributed by atoms with Gasteiger partial charge in [-0.1, -0.05) is 11.1 Å². The third-order valence-electron chi connectivity index (χ3n) is 2.46. The molecule has 98 valence electrons. The quantitative estimate of drug-likeness (QED) is 0.358. The molecule has 0 amide bonds. The van der Waals surface area contributed by atoms with E-state index >= 15 is 0 Å². The Morgan fingerprint density at radius 3 is 2.85 bits per heavy atom. The molecule has 0 heterocycles. The summed E-state index contributed by atoms with van der Waals surface area (Å²) in [4.78, 5) is 11.4. The summed E-state index contributed by atoms with van der Waals surface area (Å²) in [5, 5.41) is 0.648. The number of rotatable bonds is 3. The Morgan fingerprint density at radius 2 is 2.15 bits per heavy atom. The van der Waals surface area contributed by atoms with Crippen LogP contribution in [0.25, 0.3) is 6.08 Å². The number of benzene rings is 2. The van der Waals surface area contributed by atoms with Gasteiger partial charge in [-0.25, -0.2) is 16.4 Å². The molecule has 20 heavy (non-hydrogen) atoms. The summed E-state index contributed by atoms with van der Waals surface area (Å²) < 4.78 is 4.67. The number of carbonyl (C=O) groups is 1. The van der Waals surface area contributed by atoms with Gasteiger partial charge in [-0.05, 0) is 0 Å². The molecule has 0 aliphatic rings. The number of methoxy groups -OCH3 is 1. The van der Waals surface area contributed by atoms with E-state index in [-0.39, 0.29) is 37.1 Å². The van der Waals surface area contributed by atoms with Crippen LogP contribution in [-0.2, 0) is 4.74 Å². The molecule has 0 aromatic heterocycles. The number of ether oxygens (including phenoxy) is 1. The number of hydrogen-bond acceptors (Lipinski definition) is 2. The molecule has 0 saturated heterocycles. The zero-order valence-electron chi connectivity index (χ0n) is 10.8. The SMILES string of the molecule is COC(=O)c1cccc([C-]=Cc2[c-]ccc(Cl)c2)c1.[U+2]. The monoisotopic (exact) mass is 508 g/mol. The number of hydrogen-bond donors (Lipinski definition) is 0. The average molecular weight is 509 g/mol. The second kappa shape index (κ2) is 8.32. The van der Waals surface area contributed by atoms with Crippen LogP contribution in [0.5, 0.6) is 0 Å². The van der Waals surface area contributed by atoms with Crippen molar-refractivity contribution in [1.82, 2.24) is 0 Å². The van der Waals surface area contributed by atoms with Crippen molar-refractivity contribution in [3.8, 4) is 0 Å². The Morgan fingerprint density at radius 1 is 1.35 bits per heavy atom. The standard InChI is InChI=1S/C16H11ClO2.U/c1-19-16(18)14-6-2-4-12(10-14)8-9-13-5-3-7-15(17)11-13;/h2-4,6-7,9-11H,1H3;/q-2;+2. The predicted octanol–water partition coefficient (Wildman–Crippen LogP) is 3.79. The van der Waals surface area contributed by atoms with Gasteiger partial charge in [0, 0.05) is 5.56 Å². The van der Waals surface area contributed by atoms with Gasteiger partial charge >= 0.3 is 37.1 Å². The molecule has 0 saturated carbocycles. The summed E-state index contributed by atoms with van der Waals surface area (Å²) in [6.45, 7) is 0. The zero-order valence-corrected chi connectivity index (χ0v) is 15.7. The largest absolute Gasteiger partial charge is 2.00 e. The van der Waals surface area contributed by atoms with E-state index in [1.165, 1.54) is 7.11 Å². The summed E-state index contributed by atoms with van der Waals surface area (Å²) in [6.07, 6.45) is 4.85. The van der Waals surface area contributed by atoms with E-state index in [1.54, 1.807) is 42.5 Å². The molecule has 4 heteroatoms. The van der Waals surface area contributed by atoms with Crippen LogP contribution in [0, 0.1) is 43.3 Å². The van der Waals surface area contributed by atoms with Gasteiger partial charge in [0.05, 0.1) is 7.11 Å². The molecule has 2 aromatic rings. The molecular weight excluding hydrogens is 498 g/mol. The van der Waals surface area contributed by atoms with E-state index in [0.29, 0.717) is 10.6 Å². The number of carbonyl (C=O) groups excluding carboxylic acids is 1. The van der Waals surface area contributed by atoms with E-state index in [9.17, 15) is 4.79 Å². The van der Waals surface area contributed by atoms with Gasteiger partial charge in [-0.3, -0.25) is 0 Å². The van der Waals surface area contributed by atoms with Crippen molar-refractivity contribution in [3.63, 3.8) is 0 Å². The Bertz CT molecular complexity index is 623. The minimum absolute atomic E-state index is 0. The van der Waals surface area contributed by atoms with Crippen LogP contribution in [0.15, 0.2) is 42.5 Å². The van der Waals surface area contributed by atoms with Crippen molar-refractivity contribution >= 4 is 23.6 Å². The fraction of sp³-hybridized carbons (Fsp3) is 0.0625. The smallest absolute Gasteiger partial charge is 0.466 e. The molecular formula is C16H11ClO2U. The van der Waals surface area contributed by atoms with Gasteiger partial charge < -0.3 is 4.74 Å². The van der Waals surface area contributed by atoms with Crippen molar-refractivity contribution in [2.45, 2.75) is 0 Å². The van der Waals surface area contributed by atoms with Crippen LogP contribution in [0.2, 0.25) is 5.02 Å². The summed E-state index contributed by atoms with van der Waals surface area (Å²) in [7, 11) is 1.36. The maximum atomic E-state index is 11.4. The van der Waals surface area contributed by atoms with Gasteiger partial charge in [0.1, 0.15) is 0 Å². The predicted molar refractivity (Wildman–Crippen MR) is 74.9 cm³/mol. The molecule has 0 bridgehead atoms. The van der Waals surface area contributed by atoms with Gasteiger partial charge in [-0.2, -0.15) is 29.8 Å². The average Bonchev–Trinajstić information content (AvgIpc) is 2.45. The van der Waals surface area contributed by atoms with Crippen molar-refractivity contribution in [3.05, 3.63) is 76.3 Å². The molecule has 0 radical (unpaired) electrons. The van der Waals surface area contributed by atoms with E-state index < -0.39 is 0 Å². The zero-order chi connectivity index (χ0) is 13.7. The van der Waals surface area contributed by atoms with Crippen molar-refractivity contribution < 1.29 is 40.6 Å². The van der Waals surface area contributed by atoms with Gasteiger partial charge in [-0.15, -0.1) is 35.9 Å². The maximum Gasteiger partial charge on any atom is 2.00 e. The van der Waals surface area contributed by atoms with Gasteiger partial charge in [0.25, 0.3) is 0 Å². The number of halogens is 1. The van der Waals surface area contributed by atoms with Crippen LogP contribution in [-0.4, -0.2) is 13.1 Å². The number of esters is 1. The molecule has 2 nitrogen and oxygen atoms in total. The van der Waals surface area contributed by atoms with Crippen molar-refractivity contribution in [2.75, 3.05) is 7.11 Å². The maximum absolute atomic E-state index is 11.4. The van der Waals surface area contributed by atoms with Gasteiger partial charge in [0.2, 0.25) is 0 Å². The fourth-order valence-electron chi connectivity index (χ4n) is 1.55. The van der Waals surface area contributed by atoms with E-state index in [0.717, 1.165) is 11.1 Å². The van der Waals surface area contributed by atoms with Gasteiger partial charge in [0.15, 0.2) is 0 Å². The fourth-order valence-corrected chi connectivity index (χ4v) is 1.73. The Labute approximate surface area is 147 Å². The van der Waals surface area contributed by atoms with Crippen molar-refractivity contribution in [2.24, 2.45) is 0 Å². The minimum atomic E-state index is -0.363. The second-order valence-corrected chi connectivity index (χ2v) is 4.26. The molecule has 0 aliphatic carbocycles. The van der Waals surface area contributed by atoms with E-state index in [1.807, 2.05) is 6.07 Å². The minimum Gasteiger partial charge on any atom is -0.466 e. The van der Waals surface area contributed by atoms with Crippen molar-refractivity contribution in [1.29, 1.82) is 0 Å². The van der Waals surface area contributed by atoms with Crippen LogP contribution in [0.4, 0.5) is 0 Å². The summed E-state index contributed by atoms with van der Waals surface area (Å²) in [6, 6.07) is 15.4. The molecule has 0 atom stereocenters. The first-order valence-electron chi connectivity index (χ1n) is 5.64. The van der Waals surface area contributed by atoms with Crippen LogP contribution in [0.3, 0.4) is 0 Å². The van der Waals surface area contributed by atoms with Crippen LogP contribution >= 0.6 is 11.6 Å². The molecule has 2 rings (SSSR count). The molecule has 2 aromatic carbocycles. The Balaban J connectivity index is 0.00000200. The molecule has 0 fully saturated rings. The molecule has 0 unspecified atom stereocenters. The Hall–Kier alpha value is -1.01. The summed E-state index contributed by atoms with van der Waals surface area (Å²) in [5.74, 6) is -0.363. The molecule has 0 spiro atoms. The third-order valence-corrected chi connectivity index (χ3v) is 2.70. The summed E-state index contributed by atoms with van der Waals surface area (Å²) >= 11 is 5.88.